The maximum Gasteiger partial charge on any atom is 0.321 e. The van der Waals surface area contributed by atoms with Crippen molar-refractivity contribution in [1.29, 1.82) is 0 Å². The number of carbonyl (C=O) groups excluding carboxylic acids is 1. The molecule has 98 valence electrons. The Kier molecular flexibility index (Phi) is 4.60. The van der Waals surface area contributed by atoms with Crippen molar-refractivity contribution in [2.24, 2.45) is 0 Å². The maximum atomic E-state index is 12.1. The van der Waals surface area contributed by atoms with E-state index in [1.54, 1.807) is 0 Å². The van der Waals surface area contributed by atoms with Gasteiger partial charge in [0.15, 0.2) is 0 Å². The summed E-state index contributed by atoms with van der Waals surface area (Å²) < 4.78 is 0.908. The van der Waals surface area contributed by atoms with Gasteiger partial charge in [-0.1, -0.05) is 19.1 Å². The van der Waals surface area contributed by atoms with E-state index in [1.807, 2.05) is 29.2 Å². The molecule has 18 heavy (non-hydrogen) atoms. The van der Waals surface area contributed by atoms with Gasteiger partial charge in [-0.2, -0.15) is 0 Å². The minimum absolute atomic E-state index is 0.0161. The molecule has 1 aliphatic rings. The average Bonchev–Trinajstić information content (AvgIpc) is 2.41. The van der Waals surface area contributed by atoms with Crippen LogP contribution in [0.4, 0.5) is 10.5 Å². The highest BCUT2D eigenvalue weighted by Crippen LogP contribution is 2.21. The van der Waals surface area contributed by atoms with Crippen LogP contribution in [-0.2, 0) is 0 Å². The molecule has 0 unspecified atom stereocenters. The molecule has 1 aliphatic heterocycles. The number of rotatable bonds is 2. The number of hydrogen-bond acceptors (Lipinski definition) is 2. The van der Waals surface area contributed by atoms with Crippen LogP contribution in [0.25, 0.3) is 0 Å². The van der Waals surface area contributed by atoms with Gasteiger partial charge >= 0.3 is 6.03 Å². The molecule has 4 nitrogen and oxygen atoms in total. The van der Waals surface area contributed by atoms with Gasteiger partial charge in [-0.25, -0.2) is 4.79 Å². The smallest absolute Gasteiger partial charge is 0.321 e. The van der Waals surface area contributed by atoms with E-state index in [0.29, 0.717) is 0 Å². The van der Waals surface area contributed by atoms with Crippen molar-refractivity contribution >= 4 is 27.6 Å². The number of nitrogens with one attached hydrogen (secondary N) is 1. The van der Waals surface area contributed by atoms with Gasteiger partial charge in [-0.15, -0.1) is 0 Å². The van der Waals surface area contributed by atoms with Crippen LogP contribution >= 0.6 is 15.9 Å². The molecule has 0 spiro atoms. The Bertz CT molecular complexity index is 416. The minimum Gasteiger partial charge on any atom is -0.322 e. The number of likely N-dealkylation sites (N-methyl/N-ethyl adjacent to an activating group) is 1. The standard InChI is InChI=1S/C13H18BrN3O/c1-2-16-7-9-17(10-8-16)13(18)15-12-6-4-3-5-11(12)14/h3-6H,2,7-10H2,1H3,(H,15,18). The SMILES string of the molecule is CCN1CCN(C(=O)Nc2ccccc2Br)CC1. The number of anilines is 1. The Hall–Kier alpha value is -1.07. The lowest BCUT2D eigenvalue weighted by atomic mass is 10.3. The molecule has 2 rings (SSSR count). The maximum absolute atomic E-state index is 12.1. The molecule has 1 N–H and O–H groups in total. The van der Waals surface area contributed by atoms with Crippen LogP contribution in [0.3, 0.4) is 0 Å². The number of carbonyl (C=O) groups is 1. The van der Waals surface area contributed by atoms with E-state index in [-0.39, 0.29) is 6.03 Å². The van der Waals surface area contributed by atoms with Crippen molar-refractivity contribution in [2.45, 2.75) is 6.92 Å². The van der Waals surface area contributed by atoms with Gasteiger partial charge in [0.2, 0.25) is 0 Å². The van der Waals surface area contributed by atoms with Crippen LogP contribution in [0.2, 0.25) is 0 Å². The summed E-state index contributed by atoms with van der Waals surface area (Å²) in [5.74, 6) is 0. The molecule has 1 heterocycles. The Balaban J connectivity index is 1.91. The molecule has 1 aromatic carbocycles. The zero-order valence-corrected chi connectivity index (χ0v) is 12.1. The lowest BCUT2D eigenvalue weighted by Crippen LogP contribution is -2.49. The van der Waals surface area contributed by atoms with Gasteiger partial charge in [0.25, 0.3) is 0 Å². The largest absolute Gasteiger partial charge is 0.322 e. The number of urea groups is 1. The highest BCUT2D eigenvalue weighted by molar-refractivity contribution is 9.10. The molecular weight excluding hydrogens is 294 g/mol. The predicted molar refractivity (Wildman–Crippen MR) is 76.8 cm³/mol. The number of amides is 2. The summed E-state index contributed by atoms with van der Waals surface area (Å²) in [7, 11) is 0. The number of para-hydroxylation sites is 1. The summed E-state index contributed by atoms with van der Waals surface area (Å²) in [6, 6.07) is 7.64. The first-order valence-electron chi connectivity index (χ1n) is 6.23. The first-order chi connectivity index (χ1) is 8.70. The zero-order valence-electron chi connectivity index (χ0n) is 10.5. The molecule has 0 radical (unpaired) electrons. The van der Waals surface area contributed by atoms with Crippen LogP contribution in [0, 0.1) is 0 Å². The number of hydrogen-bond donors (Lipinski definition) is 1. The fraction of sp³-hybridized carbons (Fsp3) is 0.462. The number of piperazine rings is 1. The van der Waals surface area contributed by atoms with E-state index in [4.69, 9.17) is 0 Å². The zero-order chi connectivity index (χ0) is 13.0. The predicted octanol–water partition coefficient (Wildman–Crippen LogP) is 2.62. The van der Waals surface area contributed by atoms with Crippen molar-refractivity contribution in [2.75, 3.05) is 38.0 Å². The fourth-order valence-corrected chi connectivity index (χ4v) is 2.41. The van der Waals surface area contributed by atoms with E-state index in [2.05, 4.69) is 33.1 Å². The normalized spacial score (nSPS) is 16.7. The Morgan fingerprint density at radius 2 is 1.94 bits per heavy atom. The summed E-state index contributed by atoms with van der Waals surface area (Å²) in [5.41, 5.74) is 0.820. The highest BCUT2D eigenvalue weighted by Gasteiger charge is 2.20. The topological polar surface area (TPSA) is 35.6 Å². The molecule has 0 saturated carbocycles. The van der Waals surface area contributed by atoms with Crippen molar-refractivity contribution < 1.29 is 4.79 Å². The molecule has 0 aromatic heterocycles. The van der Waals surface area contributed by atoms with Crippen molar-refractivity contribution in [3.63, 3.8) is 0 Å². The number of nitrogens with zero attached hydrogens (tertiary/aromatic N) is 2. The second-order valence-corrected chi connectivity index (χ2v) is 5.19. The molecular formula is C13H18BrN3O. The van der Waals surface area contributed by atoms with Crippen LogP contribution in [-0.4, -0.2) is 48.6 Å². The fourth-order valence-electron chi connectivity index (χ4n) is 2.02. The van der Waals surface area contributed by atoms with Crippen molar-refractivity contribution in [1.82, 2.24) is 9.80 Å². The number of benzene rings is 1. The summed E-state index contributed by atoms with van der Waals surface area (Å²) in [5, 5.41) is 2.93. The van der Waals surface area contributed by atoms with E-state index in [1.165, 1.54) is 0 Å². The van der Waals surface area contributed by atoms with Gasteiger partial charge < -0.3 is 15.1 Å². The van der Waals surface area contributed by atoms with Crippen LogP contribution in [0.15, 0.2) is 28.7 Å². The van der Waals surface area contributed by atoms with Gasteiger partial charge in [0.1, 0.15) is 0 Å². The second-order valence-electron chi connectivity index (χ2n) is 4.33. The molecule has 1 aromatic rings. The van der Waals surface area contributed by atoms with Crippen molar-refractivity contribution in [3.05, 3.63) is 28.7 Å². The number of halogens is 1. The molecule has 1 saturated heterocycles. The monoisotopic (exact) mass is 311 g/mol. The van der Waals surface area contributed by atoms with E-state index in [9.17, 15) is 4.79 Å². The molecule has 2 amide bonds. The van der Waals surface area contributed by atoms with Crippen LogP contribution in [0.5, 0.6) is 0 Å². The van der Waals surface area contributed by atoms with Crippen LogP contribution in [0.1, 0.15) is 6.92 Å². The average molecular weight is 312 g/mol. The third-order valence-electron chi connectivity index (χ3n) is 3.22. The van der Waals surface area contributed by atoms with E-state index < -0.39 is 0 Å². The Morgan fingerprint density at radius 3 is 2.56 bits per heavy atom. The quantitative estimate of drug-likeness (QED) is 0.911. The molecule has 0 atom stereocenters. The van der Waals surface area contributed by atoms with E-state index in [0.717, 1.165) is 42.9 Å². The summed E-state index contributed by atoms with van der Waals surface area (Å²) in [6.07, 6.45) is 0. The first-order valence-corrected chi connectivity index (χ1v) is 7.03. The first kappa shape index (κ1) is 13.4. The van der Waals surface area contributed by atoms with Crippen LogP contribution < -0.4 is 5.32 Å². The second kappa shape index (κ2) is 6.20. The third-order valence-corrected chi connectivity index (χ3v) is 3.91. The van der Waals surface area contributed by atoms with Gasteiger partial charge in [-0.3, -0.25) is 0 Å². The van der Waals surface area contributed by atoms with Gasteiger partial charge in [-0.05, 0) is 34.6 Å². The lowest BCUT2D eigenvalue weighted by Gasteiger charge is -2.34. The lowest BCUT2D eigenvalue weighted by molar-refractivity contribution is 0.151. The van der Waals surface area contributed by atoms with Crippen molar-refractivity contribution in [3.8, 4) is 0 Å². The van der Waals surface area contributed by atoms with Gasteiger partial charge in [0, 0.05) is 30.7 Å². The summed E-state index contributed by atoms with van der Waals surface area (Å²) >= 11 is 3.43. The Labute approximate surface area is 116 Å². The molecule has 0 bridgehead atoms. The highest BCUT2D eigenvalue weighted by atomic mass is 79.9. The molecule has 1 fully saturated rings. The Morgan fingerprint density at radius 1 is 1.28 bits per heavy atom. The van der Waals surface area contributed by atoms with Gasteiger partial charge in [0.05, 0.1) is 5.69 Å². The summed E-state index contributed by atoms with van der Waals surface area (Å²) in [4.78, 5) is 16.3. The van der Waals surface area contributed by atoms with E-state index >= 15 is 0 Å². The minimum atomic E-state index is -0.0161. The molecule has 5 heteroatoms. The summed E-state index contributed by atoms with van der Waals surface area (Å²) in [6.45, 7) is 6.71. The third kappa shape index (κ3) is 3.23. The molecule has 0 aliphatic carbocycles.